The summed E-state index contributed by atoms with van der Waals surface area (Å²) >= 11 is 0. The van der Waals surface area contributed by atoms with Crippen molar-refractivity contribution in [1.82, 2.24) is 5.32 Å². The van der Waals surface area contributed by atoms with Gasteiger partial charge in [-0.3, -0.25) is 4.79 Å². The molecule has 0 saturated heterocycles. The minimum absolute atomic E-state index is 0.0623. The minimum Gasteiger partial charge on any atom is -0.326 e. The van der Waals surface area contributed by atoms with Crippen LogP contribution >= 0.6 is 0 Å². The van der Waals surface area contributed by atoms with E-state index in [-0.39, 0.29) is 11.9 Å². The zero-order valence-corrected chi connectivity index (χ0v) is 13.8. The van der Waals surface area contributed by atoms with E-state index in [0.29, 0.717) is 12.3 Å². The van der Waals surface area contributed by atoms with Crippen molar-refractivity contribution in [3.8, 4) is 0 Å². The third-order valence-electron chi connectivity index (χ3n) is 4.46. The Balaban J connectivity index is 1.72. The van der Waals surface area contributed by atoms with E-state index in [9.17, 15) is 4.79 Å². The quantitative estimate of drug-likeness (QED) is 0.895. The van der Waals surface area contributed by atoms with Crippen LogP contribution in [0.25, 0.3) is 0 Å². The number of anilines is 1. The van der Waals surface area contributed by atoms with E-state index >= 15 is 0 Å². The van der Waals surface area contributed by atoms with Gasteiger partial charge >= 0.3 is 0 Å². The fraction of sp³-hybridized carbons (Fsp3) is 0.350. The summed E-state index contributed by atoms with van der Waals surface area (Å²) in [5, 5.41) is 6.56. The van der Waals surface area contributed by atoms with Gasteiger partial charge in [0.1, 0.15) is 0 Å². The summed E-state index contributed by atoms with van der Waals surface area (Å²) < 4.78 is 0. The van der Waals surface area contributed by atoms with Crippen LogP contribution in [-0.4, -0.2) is 12.5 Å². The Morgan fingerprint density at radius 1 is 1.17 bits per heavy atom. The van der Waals surface area contributed by atoms with Gasteiger partial charge in [0.05, 0.1) is 0 Å². The predicted molar refractivity (Wildman–Crippen MR) is 94.7 cm³/mol. The topological polar surface area (TPSA) is 41.1 Å². The maximum atomic E-state index is 12.5. The Hall–Kier alpha value is -2.13. The van der Waals surface area contributed by atoms with E-state index in [4.69, 9.17) is 0 Å². The lowest BCUT2D eigenvalue weighted by molar-refractivity contribution is -0.116. The molecule has 1 heterocycles. The minimum atomic E-state index is 0.0623. The average Bonchev–Trinajstić information content (AvgIpc) is 2.55. The monoisotopic (exact) mass is 308 g/mol. The molecule has 1 amide bonds. The molecule has 1 unspecified atom stereocenters. The lowest BCUT2D eigenvalue weighted by Gasteiger charge is -2.26. The van der Waals surface area contributed by atoms with Gasteiger partial charge in [-0.05, 0) is 41.6 Å². The lowest BCUT2D eigenvalue weighted by Crippen LogP contribution is -2.32. The largest absolute Gasteiger partial charge is 0.326 e. The van der Waals surface area contributed by atoms with Crippen LogP contribution in [0.3, 0.4) is 0 Å². The molecule has 0 aromatic heterocycles. The molecule has 0 bridgehead atoms. The van der Waals surface area contributed by atoms with Crippen molar-refractivity contribution in [1.29, 1.82) is 0 Å². The first-order valence-electron chi connectivity index (χ1n) is 8.35. The number of hydrogen-bond acceptors (Lipinski definition) is 2. The van der Waals surface area contributed by atoms with Crippen LogP contribution in [0, 0.1) is 0 Å². The molecular weight excluding hydrogens is 284 g/mol. The Bertz CT molecular complexity index is 694. The maximum absolute atomic E-state index is 12.5. The van der Waals surface area contributed by atoms with Crippen LogP contribution in [0.4, 0.5) is 5.69 Å². The summed E-state index contributed by atoms with van der Waals surface area (Å²) in [6, 6.07) is 16.6. The number of nitrogens with one attached hydrogen (secondary N) is 2. The fourth-order valence-corrected chi connectivity index (χ4v) is 3.28. The Morgan fingerprint density at radius 2 is 1.91 bits per heavy atom. The van der Waals surface area contributed by atoms with Gasteiger partial charge < -0.3 is 10.6 Å². The highest BCUT2D eigenvalue weighted by Crippen LogP contribution is 2.27. The standard InChI is InChI=1S/C20H24N2O/c1-14(2)16-8-5-6-10-18(16)22-20(23)13-19-17-9-4-3-7-15(17)11-12-21-19/h3-10,14,19,21H,11-13H2,1-2H3,(H,22,23). The Morgan fingerprint density at radius 3 is 2.74 bits per heavy atom. The first-order chi connectivity index (χ1) is 11.1. The van der Waals surface area contributed by atoms with Crippen LogP contribution in [0.2, 0.25) is 0 Å². The van der Waals surface area contributed by atoms with Crippen LogP contribution in [0.15, 0.2) is 48.5 Å². The molecular formula is C20H24N2O. The number of amides is 1. The van der Waals surface area contributed by atoms with Gasteiger partial charge in [0.25, 0.3) is 0 Å². The molecule has 2 N–H and O–H groups in total. The van der Waals surface area contributed by atoms with Crippen LogP contribution in [0.5, 0.6) is 0 Å². The van der Waals surface area contributed by atoms with Crippen molar-refractivity contribution >= 4 is 11.6 Å². The molecule has 3 nitrogen and oxygen atoms in total. The molecule has 23 heavy (non-hydrogen) atoms. The predicted octanol–water partition coefficient (Wildman–Crippen LogP) is 4.03. The highest BCUT2D eigenvalue weighted by Gasteiger charge is 2.22. The van der Waals surface area contributed by atoms with Gasteiger partial charge in [-0.2, -0.15) is 0 Å². The number of hydrogen-bond donors (Lipinski definition) is 2. The molecule has 1 aliphatic rings. The summed E-state index contributed by atoms with van der Waals surface area (Å²) in [6.07, 6.45) is 1.49. The molecule has 2 aromatic carbocycles. The van der Waals surface area contributed by atoms with Crippen molar-refractivity contribution in [3.05, 3.63) is 65.2 Å². The summed E-state index contributed by atoms with van der Waals surface area (Å²) in [7, 11) is 0. The third-order valence-corrected chi connectivity index (χ3v) is 4.46. The van der Waals surface area contributed by atoms with Crippen molar-refractivity contribution in [2.45, 2.75) is 38.6 Å². The van der Waals surface area contributed by atoms with Gasteiger partial charge in [-0.25, -0.2) is 0 Å². The molecule has 120 valence electrons. The second kappa shape index (κ2) is 6.97. The molecule has 0 radical (unpaired) electrons. The van der Waals surface area contributed by atoms with Crippen molar-refractivity contribution in [3.63, 3.8) is 0 Å². The number of carbonyl (C=O) groups is 1. The molecule has 0 spiro atoms. The number of fused-ring (bicyclic) bond motifs is 1. The molecule has 3 rings (SSSR count). The maximum Gasteiger partial charge on any atom is 0.226 e. The van der Waals surface area contributed by atoms with Crippen LogP contribution < -0.4 is 10.6 Å². The zero-order chi connectivity index (χ0) is 16.2. The molecule has 0 saturated carbocycles. The van der Waals surface area contributed by atoms with Gasteiger partial charge in [-0.1, -0.05) is 56.3 Å². The SMILES string of the molecule is CC(C)c1ccccc1NC(=O)CC1NCCc2ccccc21. The van der Waals surface area contributed by atoms with E-state index in [2.05, 4.69) is 48.7 Å². The van der Waals surface area contributed by atoms with Gasteiger partial charge in [0.2, 0.25) is 5.91 Å². The van der Waals surface area contributed by atoms with Crippen molar-refractivity contribution < 1.29 is 4.79 Å². The number of para-hydroxylation sites is 1. The van der Waals surface area contributed by atoms with E-state index in [1.165, 1.54) is 16.7 Å². The van der Waals surface area contributed by atoms with Gasteiger partial charge in [0.15, 0.2) is 0 Å². The molecule has 0 aliphatic carbocycles. The van der Waals surface area contributed by atoms with E-state index in [0.717, 1.165) is 18.7 Å². The molecule has 1 aliphatic heterocycles. The lowest BCUT2D eigenvalue weighted by atomic mass is 9.92. The van der Waals surface area contributed by atoms with Gasteiger partial charge in [-0.15, -0.1) is 0 Å². The fourth-order valence-electron chi connectivity index (χ4n) is 3.28. The highest BCUT2D eigenvalue weighted by atomic mass is 16.1. The Labute approximate surface area is 138 Å². The van der Waals surface area contributed by atoms with E-state index in [1.54, 1.807) is 0 Å². The summed E-state index contributed by atoms with van der Waals surface area (Å²) in [6.45, 7) is 5.21. The number of rotatable bonds is 4. The zero-order valence-electron chi connectivity index (χ0n) is 13.8. The second-order valence-electron chi connectivity index (χ2n) is 6.45. The van der Waals surface area contributed by atoms with Crippen molar-refractivity contribution in [2.75, 3.05) is 11.9 Å². The first-order valence-corrected chi connectivity index (χ1v) is 8.35. The normalized spacial score (nSPS) is 16.9. The summed E-state index contributed by atoms with van der Waals surface area (Å²) in [5.41, 5.74) is 4.71. The van der Waals surface area contributed by atoms with Gasteiger partial charge in [0, 0.05) is 18.2 Å². The Kier molecular flexibility index (Phi) is 4.77. The summed E-state index contributed by atoms with van der Waals surface area (Å²) in [5.74, 6) is 0.451. The molecule has 2 aromatic rings. The smallest absolute Gasteiger partial charge is 0.226 e. The van der Waals surface area contributed by atoms with E-state index in [1.807, 2.05) is 24.3 Å². The summed E-state index contributed by atoms with van der Waals surface area (Å²) in [4.78, 5) is 12.5. The highest BCUT2D eigenvalue weighted by molar-refractivity contribution is 5.92. The molecule has 1 atom stereocenters. The van der Waals surface area contributed by atoms with Crippen LogP contribution in [-0.2, 0) is 11.2 Å². The molecule has 3 heteroatoms. The molecule has 0 fully saturated rings. The van der Waals surface area contributed by atoms with Crippen LogP contribution in [0.1, 0.15) is 48.9 Å². The van der Waals surface area contributed by atoms with E-state index < -0.39 is 0 Å². The number of benzene rings is 2. The number of carbonyl (C=O) groups excluding carboxylic acids is 1. The first kappa shape index (κ1) is 15.8. The third kappa shape index (κ3) is 3.62. The average molecular weight is 308 g/mol. The second-order valence-corrected chi connectivity index (χ2v) is 6.45. The van der Waals surface area contributed by atoms with Crippen molar-refractivity contribution in [2.24, 2.45) is 0 Å².